The number of hydrogen-bond donors (Lipinski definition) is 2. The molecule has 0 heterocycles. The molecule has 7 nitrogen and oxygen atoms in total. The average molecular weight is 468 g/mol. The van der Waals surface area contributed by atoms with Gasteiger partial charge in [0.05, 0.1) is 23.2 Å². The van der Waals surface area contributed by atoms with Crippen LogP contribution in [0, 0.1) is 17.6 Å². The maximum atomic E-state index is 13.5. The lowest BCUT2D eigenvalue weighted by molar-refractivity contribution is -0.116. The van der Waals surface area contributed by atoms with Crippen LogP contribution in [0.5, 0.6) is 0 Å². The summed E-state index contributed by atoms with van der Waals surface area (Å²) in [6, 6.07) is 9.37. The van der Waals surface area contributed by atoms with Crippen LogP contribution < -0.4 is 14.9 Å². The van der Waals surface area contributed by atoms with Crippen LogP contribution in [-0.4, -0.2) is 39.6 Å². The number of carbonyl (C=O) groups excluding carboxylic acids is 2. The number of amides is 2. The van der Waals surface area contributed by atoms with Gasteiger partial charge in [-0.2, -0.15) is 0 Å². The maximum Gasteiger partial charge on any atom is 0.253 e. The Morgan fingerprint density at radius 3 is 2.38 bits per heavy atom. The van der Waals surface area contributed by atoms with Gasteiger partial charge >= 0.3 is 0 Å². The minimum absolute atomic E-state index is 0.0287. The quantitative estimate of drug-likeness (QED) is 0.559. The van der Waals surface area contributed by atoms with E-state index in [0.717, 1.165) is 28.8 Å². The van der Waals surface area contributed by atoms with Gasteiger partial charge < -0.3 is 10.6 Å². The van der Waals surface area contributed by atoms with Crippen molar-refractivity contribution in [3.8, 4) is 0 Å². The Morgan fingerprint density at radius 1 is 1.06 bits per heavy atom. The van der Waals surface area contributed by atoms with Crippen LogP contribution in [0.25, 0.3) is 0 Å². The van der Waals surface area contributed by atoms with Crippen LogP contribution >= 0.6 is 0 Å². The molecule has 2 aromatic carbocycles. The Hall–Kier alpha value is -3.01. The first kappa shape index (κ1) is 25.3. The number of halogens is 2. The molecule has 0 aromatic heterocycles. The van der Waals surface area contributed by atoms with Crippen LogP contribution in [0.1, 0.15) is 37.0 Å². The van der Waals surface area contributed by atoms with E-state index >= 15 is 0 Å². The second kappa shape index (κ2) is 11.0. The van der Waals surface area contributed by atoms with E-state index in [1.54, 1.807) is 24.3 Å². The number of nitrogens with zero attached hydrogens (tertiary/aromatic N) is 1. The number of carbonyl (C=O) groups is 2. The maximum absolute atomic E-state index is 13.5. The normalized spacial score (nSPS) is 11.3. The molecule has 2 amide bonds. The molecule has 0 aliphatic carbocycles. The van der Waals surface area contributed by atoms with Crippen LogP contribution in [0.3, 0.4) is 0 Å². The highest BCUT2D eigenvalue weighted by Gasteiger charge is 2.20. The molecule has 0 radical (unpaired) electrons. The highest BCUT2D eigenvalue weighted by atomic mass is 32.2. The fraction of sp³-hybridized carbons (Fsp3) is 0.364. The highest BCUT2D eigenvalue weighted by Crippen LogP contribution is 2.21. The van der Waals surface area contributed by atoms with Crippen LogP contribution in [-0.2, 0) is 14.8 Å². The number of para-hydroxylation sites is 1. The molecule has 0 fully saturated rings. The first-order valence-corrected chi connectivity index (χ1v) is 11.9. The van der Waals surface area contributed by atoms with Crippen LogP contribution in [0.2, 0.25) is 0 Å². The smallest absolute Gasteiger partial charge is 0.253 e. The first-order chi connectivity index (χ1) is 15.0. The summed E-state index contributed by atoms with van der Waals surface area (Å²) in [5, 5.41) is 5.46. The van der Waals surface area contributed by atoms with Gasteiger partial charge in [-0.05, 0) is 36.6 Å². The van der Waals surface area contributed by atoms with E-state index in [0.29, 0.717) is 17.8 Å². The molecule has 0 atom stereocenters. The van der Waals surface area contributed by atoms with Crippen molar-refractivity contribution in [3.05, 3.63) is 59.7 Å². The molecule has 0 spiro atoms. The molecule has 2 N–H and O–H groups in total. The van der Waals surface area contributed by atoms with Crippen molar-refractivity contribution in [2.75, 3.05) is 29.0 Å². The van der Waals surface area contributed by atoms with Crippen molar-refractivity contribution >= 4 is 33.2 Å². The molecule has 0 aliphatic rings. The van der Waals surface area contributed by atoms with Gasteiger partial charge in [-0.15, -0.1) is 0 Å². The van der Waals surface area contributed by atoms with Gasteiger partial charge in [0.15, 0.2) is 11.6 Å². The largest absolute Gasteiger partial charge is 0.352 e. The average Bonchev–Trinajstić information content (AvgIpc) is 2.71. The molecule has 2 aromatic rings. The minimum Gasteiger partial charge on any atom is -0.352 e. The Kier molecular flexibility index (Phi) is 8.71. The van der Waals surface area contributed by atoms with Crippen molar-refractivity contribution in [2.45, 2.75) is 26.7 Å². The van der Waals surface area contributed by atoms with E-state index in [2.05, 4.69) is 10.6 Å². The monoisotopic (exact) mass is 467 g/mol. The summed E-state index contributed by atoms with van der Waals surface area (Å²) in [6.45, 7) is 4.32. The van der Waals surface area contributed by atoms with E-state index in [9.17, 15) is 26.8 Å². The van der Waals surface area contributed by atoms with Crippen LogP contribution in [0.4, 0.5) is 20.2 Å². The summed E-state index contributed by atoms with van der Waals surface area (Å²) in [5.74, 6) is -2.70. The molecule has 2 rings (SSSR count). The summed E-state index contributed by atoms with van der Waals surface area (Å²) < 4.78 is 51.8. The van der Waals surface area contributed by atoms with Crippen LogP contribution in [0.15, 0.2) is 42.5 Å². The lowest BCUT2D eigenvalue weighted by atomic mass is 10.1. The summed E-state index contributed by atoms with van der Waals surface area (Å²) in [6.07, 6.45) is 1.03. The lowest BCUT2D eigenvalue weighted by Gasteiger charge is -2.22. The molecular weight excluding hydrogens is 440 g/mol. The first-order valence-electron chi connectivity index (χ1n) is 10.1. The fourth-order valence-corrected chi connectivity index (χ4v) is 3.86. The molecular formula is C22H27F2N3O4S. The number of sulfonamides is 1. The molecule has 0 saturated heterocycles. The Labute approximate surface area is 186 Å². The standard InChI is InChI=1S/C22H27F2N3O4S/c1-15(2)14-25-22(29)17-7-4-5-8-20(17)26-21(28)9-6-12-27(32(3,30)31)16-10-11-18(23)19(24)13-16/h4-5,7-8,10-11,13,15H,6,9,12,14H2,1-3H3,(H,25,29)(H,26,28). The number of hydrogen-bond acceptors (Lipinski definition) is 4. The topological polar surface area (TPSA) is 95.6 Å². The summed E-state index contributed by atoms with van der Waals surface area (Å²) in [5.41, 5.74) is 0.638. The zero-order valence-electron chi connectivity index (χ0n) is 18.2. The fourth-order valence-electron chi connectivity index (χ4n) is 2.90. The zero-order valence-corrected chi connectivity index (χ0v) is 19.0. The van der Waals surface area contributed by atoms with Crippen molar-refractivity contribution in [1.82, 2.24) is 5.32 Å². The van der Waals surface area contributed by atoms with E-state index in [4.69, 9.17) is 0 Å². The van der Waals surface area contributed by atoms with E-state index in [1.807, 2.05) is 13.8 Å². The molecule has 32 heavy (non-hydrogen) atoms. The number of benzene rings is 2. The zero-order chi connectivity index (χ0) is 23.9. The van der Waals surface area contributed by atoms with Gasteiger partial charge in [-0.25, -0.2) is 17.2 Å². The Morgan fingerprint density at radius 2 is 1.75 bits per heavy atom. The van der Waals surface area contributed by atoms with Gasteiger partial charge in [-0.1, -0.05) is 26.0 Å². The summed E-state index contributed by atoms with van der Waals surface area (Å²) in [7, 11) is -3.78. The SMILES string of the molecule is CC(C)CNC(=O)c1ccccc1NC(=O)CCCN(c1ccc(F)c(F)c1)S(C)(=O)=O. The minimum atomic E-state index is -3.78. The van der Waals surface area contributed by atoms with Gasteiger partial charge in [0.1, 0.15) is 0 Å². The summed E-state index contributed by atoms with van der Waals surface area (Å²) >= 11 is 0. The molecule has 0 saturated carbocycles. The van der Waals surface area contributed by atoms with E-state index in [1.165, 1.54) is 0 Å². The summed E-state index contributed by atoms with van der Waals surface area (Å²) in [4.78, 5) is 24.8. The van der Waals surface area contributed by atoms with Crippen molar-refractivity contribution in [1.29, 1.82) is 0 Å². The lowest BCUT2D eigenvalue weighted by Crippen LogP contribution is -2.31. The van der Waals surface area contributed by atoms with Gasteiger partial charge in [-0.3, -0.25) is 13.9 Å². The third-order valence-corrected chi connectivity index (χ3v) is 5.67. The van der Waals surface area contributed by atoms with Gasteiger partial charge in [0.2, 0.25) is 15.9 Å². The van der Waals surface area contributed by atoms with E-state index in [-0.39, 0.29) is 36.9 Å². The second-order valence-electron chi connectivity index (χ2n) is 7.73. The molecule has 0 aliphatic heterocycles. The predicted octanol–water partition coefficient (Wildman–Crippen LogP) is 3.54. The molecule has 10 heteroatoms. The highest BCUT2D eigenvalue weighted by molar-refractivity contribution is 7.92. The van der Waals surface area contributed by atoms with Crippen molar-refractivity contribution < 1.29 is 26.8 Å². The third kappa shape index (κ3) is 7.30. The van der Waals surface area contributed by atoms with Crippen molar-refractivity contribution in [2.24, 2.45) is 5.92 Å². The number of anilines is 2. The Bertz CT molecular complexity index is 1070. The van der Waals surface area contributed by atoms with Gasteiger partial charge in [0, 0.05) is 25.6 Å². The number of rotatable bonds is 10. The van der Waals surface area contributed by atoms with E-state index < -0.39 is 27.6 Å². The second-order valence-corrected chi connectivity index (χ2v) is 9.64. The van der Waals surface area contributed by atoms with Crippen molar-refractivity contribution in [3.63, 3.8) is 0 Å². The number of nitrogens with one attached hydrogen (secondary N) is 2. The molecule has 0 unspecified atom stereocenters. The van der Waals surface area contributed by atoms with Gasteiger partial charge in [0.25, 0.3) is 5.91 Å². The molecule has 0 bridgehead atoms. The Balaban J connectivity index is 2.02. The third-order valence-electron chi connectivity index (χ3n) is 4.47. The predicted molar refractivity (Wildman–Crippen MR) is 120 cm³/mol. The molecule has 174 valence electrons.